The summed E-state index contributed by atoms with van der Waals surface area (Å²) >= 11 is 6.15. The molecule has 1 rings (SSSR count). The zero-order valence-corrected chi connectivity index (χ0v) is 12.6. The molecular formula is C14H19ClO4. The lowest BCUT2D eigenvalue weighted by Crippen LogP contribution is -2.19. The minimum Gasteiger partial charge on any atom is -0.493 e. The van der Waals surface area contributed by atoms with Crippen molar-refractivity contribution in [3.63, 3.8) is 0 Å². The average Bonchev–Trinajstić information content (AvgIpc) is 2.39. The van der Waals surface area contributed by atoms with Crippen LogP contribution in [0.5, 0.6) is 11.5 Å². The lowest BCUT2D eigenvalue weighted by atomic mass is 10.1. The van der Waals surface area contributed by atoms with E-state index in [2.05, 4.69) is 4.74 Å². The fourth-order valence-corrected chi connectivity index (χ4v) is 1.65. The van der Waals surface area contributed by atoms with Crippen LogP contribution in [-0.4, -0.2) is 26.3 Å². The Balaban J connectivity index is 3.15. The van der Waals surface area contributed by atoms with E-state index in [9.17, 15) is 4.79 Å². The molecule has 4 nitrogen and oxygen atoms in total. The predicted octanol–water partition coefficient (Wildman–Crippen LogP) is 3.56. The summed E-state index contributed by atoms with van der Waals surface area (Å²) < 4.78 is 15.7. The predicted molar refractivity (Wildman–Crippen MR) is 74.3 cm³/mol. The first-order chi connectivity index (χ1) is 8.90. The lowest BCUT2D eigenvalue weighted by molar-refractivity contribution is 0.0600. The van der Waals surface area contributed by atoms with E-state index in [4.69, 9.17) is 21.1 Å². The molecule has 0 saturated carbocycles. The van der Waals surface area contributed by atoms with Crippen LogP contribution < -0.4 is 9.47 Å². The molecule has 1 unspecified atom stereocenters. The number of hydrogen-bond donors (Lipinski definition) is 0. The van der Waals surface area contributed by atoms with E-state index in [0.29, 0.717) is 28.0 Å². The van der Waals surface area contributed by atoms with Crippen LogP contribution in [0.15, 0.2) is 12.1 Å². The van der Waals surface area contributed by atoms with E-state index in [1.54, 1.807) is 6.07 Å². The summed E-state index contributed by atoms with van der Waals surface area (Å²) in [5.41, 5.74) is 0.328. The topological polar surface area (TPSA) is 44.8 Å². The molecule has 0 N–H and O–H groups in total. The van der Waals surface area contributed by atoms with Gasteiger partial charge in [-0.2, -0.15) is 0 Å². The summed E-state index contributed by atoms with van der Waals surface area (Å²) in [6, 6.07) is 3.07. The smallest absolute Gasteiger partial charge is 0.338 e. The van der Waals surface area contributed by atoms with Crippen molar-refractivity contribution in [2.24, 2.45) is 5.92 Å². The summed E-state index contributed by atoms with van der Waals surface area (Å²) in [5, 5.41) is 0.326. The maximum atomic E-state index is 11.5. The Labute approximate surface area is 118 Å². The van der Waals surface area contributed by atoms with Gasteiger partial charge in [-0.1, -0.05) is 25.4 Å². The van der Waals surface area contributed by atoms with E-state index < -0.39 is 5.97 Å². The molecule has 0 aliphatic carbocycles. The molecule has 19 heavy (non-hydrogen) atoms. The molecular weight excluding hydrogens is 268 g/mol. The van der Waals surface area contributed by atoms with E-state index in [1.165, 1.54) is 20.3 Å². The normalized spacial score (nSPS) is 12.2. The maximum Gasteiger partial charge on any atom is 0.338 e. The number of halogens is 1. The number of methoxy groups -OCH3 is 2. The molecule has 0 radical (unpaired) electrons. The number of ether oxygens (including phenoxy) is 3. The van der Waals surface area contributed by atoms with Gasteiger partial charge in [0, 0.05) is 0 Å². The fourth-order valence-electron chi connectivity index (χ4n) is 1.39. The fraction of sp³-hybridized carbons (Fsp3) is 0.500. The second-order valence-corrected chi connectivity index (χ2v) is 4.96. The highest BCUT2D eigenvalue weighted by Crippen LogP contribution is 2.37. The van der Waals surface area contributed by atoms with Crippen molar-refractivity contribution in [3.05, 3.63) is 22.7 Å². The highest BCUT2D eigenvalue weighted by molar-refractivity contribution is 6.32. The number of benzene rings is 1. The molecule has 0 heterocycles. The zero-order chi connectivity index (χ0) is 14.6. The van der Waals surface area contributed by atoms with Crippen molar-refractivity contribution in [1.29, 1.82) is 0 Å². The van der Waals surface area contributed by atoms with Gasteiger partial charge in [0.25, 0.3) is 0 Å². The van der Waals surface area contributed by atoms with Crippen molar-refractivity contribution < 1.29 is 19.0 Å². The number of carbonyl (C=O) groups is 1. The molecule has 1 aromatic rings. The Morgan fingerprint density at radius 1 is 1.21 bits per heavy atom. The average molecular weight is 287 g/mol. The first kappa shape index (κ1) is 15.6. The minimum absolute atomic E-state index is 0.0182. The molecule has 0 spiro atoms. The number of rotatable bonds is 5. The van der Waals surface area contributed by atoms with Crippen LogP contribution >= 0.6 is 11.6 Å². The van der Waals surface area contributed by atoms with Gasteiger partial charge < -0.3 is 14.2 Å². The SMILES string of the molecule is COC(=O)c1cc(Cl)c(OC(C)C(C)C)c(OC)c1. The third-order valence-electron chi connectivity index (χ3n) is 2.89. The number of esters is 1. The van der Waals surface area contributed by atoms with Crippen LogP contribution in [0.3, 0.4) is 0 Å². The number of carbonyl (C=O) groups excluding carboxylic acids is 1. The molecule has 0 aliphatic heterocycles. The Morgan fingerprint density at radius 3 is 2.32 bits per heavy atom. The Hall–Kier alpha value is -1.42. The molecule has 1 atom stereocenters. The van der Waals surface area contributed by atoms with Gasteiger partial charge in [0.05, 0.1) is 30.9 Å². The highest BCUT2D eigenvalue weighted by atomic mass is 35.5. The van der Waals surface area contributed by atoms with E-state index in [-0.39, 0.29) is 6.10 Å². The second kappa shape index (κ2) is 6.66. The summed E-state index contributed by atoms with van der Waals surface area (Å²) in [5.74, 6) is 0.725. The molecule has 0 amide bonds. The van der Waals surface area contributed by atoms with Gasteiger partial charge in [0.1, 0.15) is 0 Å². The molecule has 0 bridgehead atoms. The molecule has 0 aliphatic rings. The lowest BCUT2D eigenvalue weighted by Gasteiger charge is -2.21. The van der Waals surface area contributed by atoms with Gasteiger partial charge in [0.2, 0.25) is 0 Å². The first-order valence-corrected chi connectivity index (χ1v) is 6.41. The van der Waals surface area contributed by atoms with Crippen molar-refractivity contribution in [1.82, 2.24) is 0 Å². The third kappa shape index (κ3) is 3.77. The monoisotopic (exact) mass is 286 g/mol. The minimum atomic E-state index is -0.469. The standard InChI is InChI=1S/C14H19ClO4/c1-8(2)9(3)19-13-11(15)6-10(14(16)18-5)7-12(13)17-4/h6-9H,1-5H3. The Morgan fingerprint density at radius 2 is 1.84 bits per heavy atom. The largest absolute Gasteiger partial charge is 0.493 e. The van der Waals surface area contributed by atoms with Gasteiger partial charge in [-0.25, -0.2) is 4.79 Å². The molecule has 106 valence electrons. The molecule has 5 heteroatoms. The zero-order valence-electron chi connectivity index (χ0n) is 11.8. The number of hydrogen-bond acceptors (Lipinski definition) is 4. The first-order valence-electron chi connectivity index (χ1n) is 6.03. The van der Waals surface area contributed by atoms with E-state index in [1.807, 2.05) is 20.8 Å². The molecule has 0 saturated heterocycles. The van der Waals surface area contributed by atoms with Crippen LogP contribution in [0, 0.1) is 5.92 Å². The molecule has 0 fully saturated rings. The Bertz CT molecular complexity index is 457. The highest BCUT2D eigenvalue weighted by Gasteiger charge is 2.19. The van der Waals surface area contributed by atoms with Crippen molar-refractivity contribution in [2.45, 2.75) is 26.9 Å². The van der Waals surface area contributed by atoms with Gasteiger partial charge in [-0.05, 0) is 25.0 Å². The summed E-state index contributed by atoms with van der Waals surface area (Å²) in [4.78, 5) is 11.5. The van der Waals surface area contributed by atoms with Crippen molar-refractivity contribution >= 4 is 17.6 Å². The summed E-state index contributed by atoms with van der Waals surface area (Å²) in [7, 11) is 2.81. The van der Waals surface area contributed by atoms with Crippen LogP contribution in [0.1, 0.15) is 31.1 Å². The van der Waals surface area contributed by atoms with Crippen LogP contribution in [0.2, 0.25) is 5.02 Å². The quantitative estimate of drug-likeness (QED) is 0.777. The molecule has 0 aromatic heterocycles. The maximum absolute atomic E-state index is 11.5. The van der Waals surface area contributed by atoms with E-state index in [0.717, 1.165) is 0 Å². The van der Waals surface area contributed by atoms with Crippen LogP contribution in [0.25, 0.3) is 0 Å². The van der Waals surface area contributed by atoms with Gasteiger partial charge in [0.15, 0.2) is 11.5 Å². The van der Waals surface area contributed by atoms with Gasteiger partial charge in [-0.3, -0.25) is 0 Å². The summed E-state index contributed by atoms with van der Waals surface area (Å²) in [6.45, 7) is 6.05. The summed E-state index contributed by atoms with van der Waals surface area (Å²) in [6.07, 6.45) is -0.0182. The van der Waals surface area contributed by atoms with Crippen molar-refractivity contribution in [2.75, 3.05) is 14.2 Å². The van der Waals surface area contributed by atoms with Crippen LogP contribution in [-0.2, 0) is 4.74 Å². The van der Waals surface area contributed by atoms with E-state index >= 15 is 0 Å². The Kier molecular flexibility index (Phi) is 5.48. The van der Waals surface area contributed by atoms with Gasteiger partial charge in [-0.15, -0.1) is 0 Å². The second-order valence-electron chi connectivity index (χ2n) is 4.55. The van der Waals surface area contributed by atoms with Crippen molar-refractivity contribution in [3.8, 4) is 11.5 Å². The molecule has 1 aromatic carbocycles. The van der Waals surface area contributed by atoms with Crippen LogP contribution in [0.4, 0.5) is 0 Å². The third-order valence-corrected chi connectivity index (χ3v) is 3.17. The van der Waals surface area contributed by atoms with Gasteiger partial charge >= 0.3 is 5.97 Å².